The smallest absolute Gasteiger partial charge is 0.242 e. The Balaban J connectivity index is 1.78. The monoisotopic (exact) mass is 440 g/mol. The van der Waals surface area contributed by atoms with Crippen LogP contribution in [0, 0.1) is 5.82 Å². The van der Waals surface area contributed by atoms with Gasteiger partial charge in [0.05, 0.1) is 6.54 Å². The zero-order valence-corrected chi connectivity index (χ0v) is 18.9. The van der Waals surface area contributed by atoms with E-state index in [1.54, 1.807) is 12.1 Å². The van der Waals surface area contributed by atoms with Crippen molar-refractivity contribution in [1.82, 2.24) is 14.3 Å². The molecule has 0 saturated carbocycles. The number of hydrogen-bond acceptors (Lipinski definition) is 5. The first-order valence-electron chi connectivity index (χ1n) is 10.7. The van der Waals surface area contributed by atoms with E-state index in [1.165, 1.54) is 23.7 Å². The van der Waals surface area contributed by atoms with Gasteiger partial charge >= 0.3 is 0 Å². The molecule has 2 aromatic carbocycles. The molecule has 31 heavy (non-hydrogen) atoms. The van der Waals surface area contributed by atoms with Crippen LogP contribution in [-0.4, -0.2) is 39.8 Å². The SMILES string of the molecule is CCCN(CCC)C(=O)CN(Cc1ccccc1)c1nc(Cc2ccc(F)cc2)ns1. The number of amides is 1. The second-order valence-corrected chi connectivity index (χ2v) is 8.25. The Kier molecular flexibility index (Phi) is 8.53. The topological polar surface area (TPSA) is 49.3 Å². The maximum atomic E-state index is 13.2. The van der Waals surface area contributed by atoms with Gasteiger partial charge in [0.15, 0.2) is 0 Å². The van der Waals surface area contributed by atoms with Crippen LogP contribution in [0.4, 0.5) is 9.52 Å². The summed E-state index contributed by atoms with van der Waals surface area (Å²) < 4.78 is 17.7. The third-order valence-electron chi connectivity index (χ3n) is 4.89. The van der Waals surface area contributed by atoms with Gasteiger partial charge < -0.3 is 9.80 Å². The fourth-order valence-electron chi connectivity index (χ4n) is 3.39. The van der Waals surface area contributed by atoms with Crippen LogP contribution in [0.3, 0.4) is 0 Å². The Morgan fingerprint density at radius 1 is 0.968 bits per heavy atom. The predicted octanol–water partition coefficient (Wildman–Crippen LogP) is 4.92. The zero-order chi connectivity index (χ0) is 22.1. The summed E-state index contributed by atoms with van der Waals surface area (Å²) in [7, 11) is 0. The largest absolute Gasteiger partial charge is 0.341 e. The van der Waals surface area contributed by atoms with Gasteiger partial charge in [0.2, 0.25) is 11.0 Å². The normalized spacial score (nSPS) is 10.8. The van der Waals surface area contributed by atoms with E-state index in [0.717, 1.165) is 42.2 Å². The lowest BCUT2D eigenvalue weighted by molar-refractivity contribution is -0.129. The second kappa shape index (κ2) is 11.6. The molecule has 0 aliphatic rings. The first-order valence-corrected chi connectivity index (χ1v) is 11.5. The lowest BCUT2D eigenvalue weighted by atomic mass is 10.1. The van der Waals surface area contributed by atoms with Gasteiger partial charge in [-0.25, -0.2) is 9.37 Å². The minimum absolute atomic E-state index is 0.106. The van der Waals surface area contributed by atoms with Gasteiger partial charge in [-0.2, -0.15) is 4.37 Å². The number of benzene rings is 2. The number of carbonyl (C=O) groups excluding carboxylic acids is 1. The third kappa shape index (κ3) is 6.85. The van der Waals surface area contributed by atoms with Gasteiger partial charge in [0.25, 0.3) is 0 Å². The summed E-state index contributed by atoms with van der Waals surface area (Å²) in [5.74, 6) is 0.526. The zero-order valence-electron chi connectivity index (χ0n) is 18.1. The molecule has 164 valence electrons. The van der Waals surface area contributed by atoms with Crippen molar-refractivity contribution in [3.63, 3.8) is 0 Å². The molecule has 7 heteroatoms. The van der Waals surface area contributed by atoms with Crippen LogP contribution in [0.15, 0.2) is 54.6 Å². The molecule has 0 aliphatic heterocycles. The molecule has 1 heterocycles. The Bertz CT molecular complexity index is 940. The average Bonchev–Trinajstić information content (AvgIpc) is 3.24. The van der Waals surface area contributed by atoms with E-state index in [2.05, 4.69) is 18.2 Å². The maximum absolute atomic E-state index is 13.2. The molecule has 0 aliphatic carbocycles. The molecule has 0 unspecified atom stereocenters. The molecule has 0 spiro atoms. The Morgan fingerprint density at radius 2 is 1.65 bits per heavy atom. The van der Waals surface area contributed by atoms with E-state index in [1.807, 2.05) is 40.1 Å². The van der Waals surface area contributed by atoms with Crippen molar-refractivity contribution in [3.8, 4) is 0 Å². The van der Waals surface area contributed by atoms with E-state index in [9.17, 15) is 9.18 Å². The Hall–Kier alpha value is -2.80. The molecule has 1 amide bonds. The third-order valence-corrected chi connectivity index (χ3v) is 5.70. The number of rotatable bonds is 11. The number of halogens is 1. The molecule has 0 radical (unpaired) electrons. The maximum Gasteiger partial charge on any atom is 0.242 e. The van der Waals surface area contributed by atoms with Crippen molar-refractivity contribution in [2.24, 2.45) is 0 Å². The molecule has 0 fully saturated rings. The molecule has 0 atom stereocenters. The summed E-state index contributed by atoms with van der Waals surface area (Å²) in [5, 5.41) is 0.724. The van der Waals surface area contributed by atoms with Crippen LogP contribution < -0.4 is 4.90 Å². The Labute approximate surface area is 187 Å². The molecular weight excluding hydrogens is 411 g/mol. The average molecular weight is 441 g/mol. The molecule has 5 nitrogen and oxygen atoms in total. The quantitative estimate of drug-likeness (QED) is 0.425. The first-order chi connectivity index (χ1) is 15.1. The highest BCUT2D eigenvalue weighted by molar-refractivity contribution is 7.09. The summed E-state index contributed by atoms with van der Waals surface area (Å²) in [6.45, 7) is 6.55. The Morgan fingerprint density at radius 3 is 2.29 bits per heavy atom. The summed E-state index contributed by atoms with van der Waals surface area (Å²) in [6.07, 6.45) is 2.40. The highest BCUT2D eigenvalue weighted by Gasteiger charge is 2.20. The number of nitrogens with zero attached hydrogens (tertiary/aromatic N) is 4. The van der Waals surface area contributed by atoms with Crippen molar-refractivity contribution in [2.45, 2.75) is 39.7 Å². The van der Waals surface area contributed by atoms with Gasteiger partial charge in [0.1, 0.15) is 11.6 Å². The van der Waals surface area contributed by atoms with Crippen molar-refractivity contribution in [2.75, 3.05) is 24.5 Å². The van der Waals surface area contributed by atoms with Crippen molar-refractivity contribution < 1.29 is 9.18 Å². The minimum atomic E-state index is -0.257. The van der Waals surface area contributed by atoms with Crippen LogP contribution in [0.1, 0.15) is 43.6 Å². The number of aromatic nitrogens is 2. The summed E-state index contributed by atoms with van der Waals surface area (Å²) >= 11 is 1.30. The fraction of sp³-hybridized carbons (Fsp3) is 0.375. The van der Waals surface area contributed by atoms with E-state index in [4.69, 9.17) is 4.98 Å². The molecule has 1 aromatic heterocycles. The van der Waals surface area contributed by atoms with E-state index >= 15 is 0 Å². The minimum Gasteiger partial charge on any atom is -0.341 e. The van der Waals surface area contributed by atoms with Crippen molar-refractivity contribution in [1.29, 1.82) is 0 Å². The second-order valence-electron chi connectivity index (χ2n) is 7.52. The molecule has 0 bridgehead atoms. The predicted molar refractivity (Wildman–Crippen MR) is 124 cm³/mol. The molecule has 0 saturated heterocycles. The highest BCUT2D eigenvalue weighted by atomic mass is 32.1. The lowest BCUT2D eigenvalue weighted by Gasteiger charge is -2.27. The summed E-state index contributed by atoms with van der Waals surface area (Å²) in [5.41, 5.74) is 2.07. The van der Waals surface area contributed by atoms with E-state index in [0.29, 0.717) is 18.8 Å². The molecule has 3 aromatic rings. The number of hydrogen-bond donors (Lipinski definition) is 0. The summed E-state index contributed by atoms with van der Waals surface area (Å²) in [4.78, 5) is 21.7. The summed E-state index contributed by atoms with van der Waals surface area (Å²) in [6, 6.07) is 16.4. The van der Waals surface area contributed by atoms with Crippen LogP contribution >= 0.6 is 11.5 Å². The molecule has 0 N–H and O–H groups in total. The van der Waals surface area contributed by atoms with Gasteiger partial charge in [0, 0.05) is 37.6 Å². The van der Waals surface area contributed by atoms with Crippen LogP contribution in [0.2, 0.25) is 0 Å². The van der Waals surface area contributed by atoms with Gasteiger partial charge in [-0.1, -0.05) is 56.3 Å². The van der Waals surface area contributed by atoms with Crippen LogP contribution in [0.25, 0.3) is 0 Å². The van der Waals surface area contributed by atoms with Crippen LogP contribution in [-0.2, 0) is 17.8 Å². The highest BCUT2D eigenvalue weighted by Crippen LogP contribution is 2.22. The van der Waals surface area contributed by atoms with Crippen LogP contribution in [0.5, 0.6) is 0 Å². The van der Waals surface area contributed by atoms with Crippen molar-refractivity contribution in [3.05, 3.63) is 77.4 Å². The van der Waals surface area contributed by atoms with E-state index in [-0.39, 0.29) is 18.3 Å². The molecule has 3 rings (SSSR count). The number of anilines is 1. The van der Waals surface area contributed by atoms with Gasteiger partial charge in [-0.3, -0.25) is 4.79 Å². The number of carbonyl (C=O) groups is 1. The van der Waals surface area contributed by atoms with Gasteiger partial charge in [-0.15, -0.1) is 0 Å². The lowest BCUT2D eigenvalue weighted by Crippen LogP contribution is -2.41. The first kappa shape index (κ1) is 22.9. The standard InChI is InChI=1S/C24H29FN4OS/c1-3-14-28(15-4-2)23(30)18-29(17-20-8-6-5-7-9-20)24-26-22(27-31-24)16-19-10-12-21(25)13-11-19/h5-13H,3-4,14-18H2,1-2H3. The van der Waals surface area contributed by atoms with E-state index < -0.39 is 0 Å². The van der Waals surface area contributed by atoms with Gasteiger partial charge in [-0.05, 0) is 36.1 Å². The van der Waals surface area contributed by atoms with Crippen molar-refractivity contribution >= 4 is 22.6 Å². The molecular formula is C24H29FN4OS. The fourth-order valence-corrected chi connectivity index (χ4v) is 4.07.